The average Bonchev–Trinajstić information content (AvgIpc) is 2.43. The third kappa shape index (κ3) is 3.42. The molecule has 98 valence electrons. The van der Waals surface area contributed by atoms with Crippen molar-refractivity contribution in [3.05, 3.63) is 65.7 Å². The summed E-state index contributed by atoms with van der Waals surface area (Å²) in [7, 11) is 1.49. The lowest BCUT2D eigenvalue weighted by molar-refractivity contribution is -0.146. The quantitative estimate of drug-likeness (QED) is 0.622. The molecule has 0 aliphatic carbocycles. The van der Waals surface area contributed by atoms with Gasteiger partial charge in [0.25, 0.3) is 0 Å². The molecule has 0 saturated heterocycles. The van der Waals surface area contributed by atoms with Gasteiger partial charge < -0.3 is 9.47 Å². The van der Waals surface area contributed by atoms with E-state index in [0.717, 1.165) is 11.1 Å². The molecule has 1 unspecified atom stereocenters. The molecule has 0 radical (unpaired) electrons. The summed E-state index contributed by atoms with van der Waals surface area (Å²) in [6.45, 7) is 1.98. The van der Waals surface area contributed by atoms with Gasteiger partial charge in [-0.15, -0.1) is 0 Å². The lowest BCUT2D eigenvalue weighted by Crippen LogP contribution is -2.20. The van der Waals surface area contributed by atoms with Crippen LogP contribution in [-0.2, 0) is 9.53 Å². The van der Waals surface area contributed by atoms with Crippen molar-refractivity contribution in [1.29, 1.82) is 0 Å². The van der Waals surface area contributed by atoms with Crippen LogP contribution in [0.4, 0.5) is 0 Å². The van der Waals surface area contributed by atoms with Gasteiger partial charge in [0, 0.05) is 7.11 Å². The van der Waals surface area contributed by atoms with Crippen molar-refractivity contribution in [2.75, 3.05) is 7.11 Å². The van der Waals surface area contributed by atoms with Gasteiger partial charge in [-0.2, -0.15) is 0 Å². The van der Waals surface area contributed by atoms with Gasteiger partial charge in [0.15, 0.2) is 6.10 Å². The van der Waals surface area contributed by atoms with Gasteiger partial charge in [-0.3, -0.25) is 0 Å². The predicted octanol–water partition coefficient (Wildman–Crippen LogP) is 3.29. The van der Waals surface area contributed by atoms with Crippen LogP contribution in [-0.4, -0.2) is 13.1 Å². The zero-order valence-electron chi connectivity index (χ0n) is 11.0. The number of methoxy groups -OCH3 is 1. The number of carbonyl (C=O) groups excluding carboxylic acids is 1. The van der Waals surface area contributed by atoms with Crippen LogP contribution >= 0.6 is 0 Å². The molecule has 0 fully saturated rings. The number of hydrogen-bond acceptors (Lipinski definition) is 3. The fraction of sp³-hybridized carbons (Fsp3) is 0.188. The summed E-state index contributed by atoms with van der Waals surface area (Å²) in [6, 6.07) is 16.6. The van der Waals surface area contributed by atoms with Crippen LogP contribution in [0, 0.1) is 6.92 Å². The second-order valence-electron chi connectivity index (χ2n) is 4.26. The van der Waals surface area contributed by atoms with Gasteiger partial charge in [-0.05, 0) is 24.6 Å². The van der Waals surface area contributed by atoms with Gasteiger partial charge >= 0.3 is 5.97 Å². The van der Waals surface area contributed by atoms with E-state index < -0.39 is 12.1 Å². The molecule has 0 heterocycles. The van der Waals surface area contributed by atoms with E-state index in [4.69, 9.17) is 9.47 Å². The minimum absolute atomic E-state index is 0.419. The van der Waals surface area contributed by atoms with Crippen molar-refractivity contribution in [3.8, 4) is 5.75 Å². The van der Waals surface area contributed by atoms with Crippen LogP contribution < -0.4 is 4.74 Å². The highest BCUT2D eigenvalue weighted by atomic mass is 16.6. The zero-order chi connectivity index (χ0) is 13.7. The number of aryl methyl sites for hydroxylation is 1. The maximum atomic E-state index is 12.1. The molecule has 0 amide bonds. The molecule has 1 atom stereocenters. The van der Waals surface area contributed by atoms with E-state index in [1.807, 2.05) is 49.4 Å². The van der Waals surface area contributed by atoms with Crippen LogP contribution in [0.3, 0.4) is 0 Å². The maximum absolute atomic E-state index is 12.1. The molecule has 2 aromatic carbocycles. The molecule has 0 N–H and O–H groups in total. The lowest BCUT2D eigenvalue weighted by atomic mass is 10.1. The molecular formula is C16H16O3. The highest BCUT2D eigenvalue weighted by Crippen LogP contribution is 2.20. The molecule has 3 nitrogen and oxygen atoms in total. The first-order chi connectivity index (χ1) is 9.20. The molecule has 3 heteroatoms. The molecule has 0 aliphatic rings. The second-order valence-corrected chi connectivity index (χ2v) is 4.26. The number of esters is 1. The van der Waals surface area contributed by atoms with Crippen molar-refractivity contribution >= 4 is 5.97 Å². The van der Waals surface area contributed by atoms with Crippen LogP contribution in [0.15, 0.2) is 54.6 Å². The first-order valence-electron chi connectivity index (χ1n) is 6.07. The molecule has 0 bridgehead atoms. The SMILES string of the molecule is COC(C(=O)Oc1ccc(C)cc1)c1ccccc1. The normalized spacial score (nSPS) is 11.9. The Morgan fingerprint density at radius 1 is 1.00 bits per heavy atom. The minimum atomic E-state index is -0.706. The van der Waals surface area contributed by atoms with Crippen LogP contribution in [0.5, 0.6) is 5.75 Å². The monoisotopic (exact) mass is 256 g/mol. The summed E-state index contributed by atoms with van der Waals surface area (Å²) >= 11 is 0. The minimum Gasteiger partial charge on any atom is -0.424 e. The summed E-state index contributed by atoms with van der Waals surface area (Å²) in [5.74, 6) is 0.103. The third-order valence-electron chi connectivity index (χ3n) is 2.79. The molecule has 2 rings (SSSR count). The van der Waals surface area contributed by atoms with Crippen molar-refractivity contribution < 1.29 is 14.3 Å². The Morgan fingerprint density at radius 2 is 1.63 bits per heavy atom. The van der Waals surface area contributed by atoms with E-state index in [9.17, 15) is 4.79 Å². The van der Waals surface area contributed by atoms with Crippen molar-refractivity contribution in [3.63, 3.8) is 0 Å². The Bertz CT molecular complexity index is 532. The van der Waals surface area contributed by atoms with E-state index >= 15 is 0 Å². The van der Waals surface area contributed by atoms with E-state index in [-0.39, 0.29) is 0 Å². The molecule has 19 heavy (non-hydrogen) atoms. The second kappa shape index (κ2) is 6.16. The van der Waals surface area contributed by atoms with Gasteiger partial charge in [0.05, 0.1) is 0 Å². The van der Waals surface area contributed by atoms with Gasteiger partial charge in [0.2, 0.25) is 0 Å². The fourth-order valence-corrected chi connectivity index (χ4v) is 1.77. The average molecular weight is 256 g/mol. The molecule has 0 aromatic heterocycles. The fourth-order valence-electron chi connectivity index (χ4n) is 1.77. The lowest BCUT2D eigenvalue weighted by Gasteiger charge is -2.14. The largest absolute Gasteiger partial charge is 0.424 e. The van der Waals surface area contributed by atoms with Crippen LogP contribution in [0.1, 0.15) is 17.2 Å². The van der Waals surface area contributed by atoms with E-state index in [0.29, 0.717) is 5.75 Å². The topological polar surface area (TPSA) is 35.5 Å². The zero-order valence-corrected chi connectivity index (χ0v) is 11.0. The molecular weight excluding hydrogens is 240 g/mol. The number of rotatable bonds is 4. The van der Waals surface area contributed by atoms with Crippen molar-refractivity contribution in [1.82, 2.24) is 0 Å². The number of hydrogen-bond donors (Lipinski definition) is 0. The highest BCUT2D eigenvalue weighted by Gasteiger charge is 2.21. The standard InChI is InChI=1S/C16H16O3/c1-12-8-10-14(11-9-12)19-16(17)15(18-2)13-6-4-3-5-7-13/h3-11,15H,1-2H3. The smallest absolute Gasteiger partial charge is 0.345 e. The molecule has 0 saturated carbocycles. The number of carbonyl (C=O) groups is 1. The van der Waals surface area contributed by atoms with Crippen molar-refractivity contribution in [2.24, 2.45) is 0 Å². The van der Waals surface area contributed by atoms with E-state index in [1.54, 1.807) is 12.1 Å². The van der Waals surface area contributed by atoms with Crippen LogP contribution in [0.25, 0.3) is 0 Å². The first kappa shape index (κ1) is 13.3. The summed E-state index contributed by atoms with van der Waals surface area (Å²) < 4.78 is 10.5. The van der Waals surface area contributed by atoms with Gasteiger partial charge in [0.1, 0.15) is 5.75 Å². The summed E-state index contributed by atoms with van der Waals surface area (Å²) in [6.07, 6.45) is -0.706. The Balaban J connectivity index is 2.11. The first-order valence-corrected chi connectivity index (χ1v) is 6.07. The highest BCUT2D eigenvalue weighted by molar-refractivity contribution is 5.78. The summed E-state index contributed by atoms with van der Waals surface area (Å²) in [5, 5.41) is 0. The van der Waals surface area contributed by atoms with E-state index in [2.05, 4.69) is 0 Å². The summed E-state index contributed by atoms with van der Waals surface area (Å²) in [5.41, 5.74) is 1.90. The third-order valence-corrected chi connectivity index (χ3v) is 2.79. The Hall–Kier alpha value is -2.13. The molecule has 2 aromatic rings. The van der Waals surface area contributed by atoms with E-state index in [1.165, 1.54) is 7.11 Å². The predicted molar refractivity (Wildman–Crippen MR) is 73.0 cm³/mol. The number of benzene rings is 2. The molecule has 0 aliphatic heterocycles. The summed E-state index contributed by atoms with van der Waals surface area (Å²) in [4.78, 5) is 12.1. The Kier molecular flexibility index (Phi) is 4.31. The number of ether oxygens (including phenoxy) is 2. The van der Waals surface area contributed by atoms with Crippen molar-refractivity contribution in [2.45, 2.75) is 13.0 Å². The van der Waals surface area contributed by atoms with Gasteiger partial charge in [-0.25, -0.2) is 4.79 Å². The van der Waals surface area contributed by atoms with Crippen LogP contribution in [0.2, 0.25) is 0 Å². The molecule has 0 spiro atoms. The van der Waals surface area contributed by atoms with Gasteiger partial charge in [-0.1, -0.05) is 48.0 Å². The Morgan fingerprint density at radius 3 is 2.21 bits per heavy atom. The Labute approximate surface area is 112 Å². The maximum Gasteiger partial charge on any atom is 0.345 e.